The Balaban J connectivity index is 1.48. The lowest BCUT2D eigenvalue weighted by Crippen LogP contribution is -2.51. The number of H-pyrrole nitrogens is 1. The second kappa shape index (κ2) is 8.61. The molecule has 1 fully saturated rings. The Labute approximate surface area is 188 Å². The first-order valence-corrected chi connectivity index (χ1v) is 12.3. The van der Waals surface area contributed by atoms with Gasteiger partial charge < -0.3 is 4.90 Å². The normalized spacial score (nSPS) is 16.4. The fourth-order valence-electron chi connectivity index (χ4n) is 3.54. The van der Waals surface area contributed by atoms with Crippen LogP contribution in [-0.4, -0.2) is 64.5 Å². The van der Waals surface area contributed by atoms with Crippen molar-refractivity contribution in [3.63, 3.8) is 0 Å². The number of nitrogens with zero attached hydrogens (tertiary/aromatic N) is 4. The third-order valence-electron chi connectivity index (χ3n) is 5.17. The van der Waals surface area contributed by atoms with Crippen LogP contribution < -0.4 is 0 Å². The van der Waals surface area contributed by atoms with Gasteiger partial charge in [0.1, 0.15) is 11.9 Å². The molecule has 3 heterocycles. The molecule has 0 spiro atoms. The van der Waals surface area contributed by atoms with Crippen molar-refractivity contribution in [2.24, 2.45) is 0 Å². The molecular formula is C19H20FN5O3S3. The molecule has 31 heavy (non-hydrogen) atoms. The zero-order valence-corrected chi connectivity index (χ0v) is 19.0. The van der Waals surface area contributed by atoms with Crippen molar-refractivity contribution in [1.82, 2.24) is 24.0 Å². The summed E-state index contributed by atoms with van der Waals surface area (Å²) in [5.41, 5.74) is 0. The SMILES string of the molecule is CC(C(=O)N1CCN(S(=O)(=O)c2cccc(F)c2)CC1)n1c(-c2cccs2)n[nH]c1=S. The first-order chi connectivity index (χ1) is 14.8. The standard InChI is InChI=1S/C19H20FN5O3S3/c1-13(25-17(21-22-19(25)29)16-6-3-11-30-16)18(26)23-7-9-24(10-8-23)31(27,28)15-5-2-4-14(20)12-15/h2-6,11-13H,7-10H2,1H3,(H,22,29). The van der Waals surface area contributed by atoms with Crippen LogP contribution in [0.15, 0.2) is 46.7 Å². The van der Waals surface area contributed by atoms with Gasteiger partial charge in [0, 0.05) is 26.2 Å². The molecule has 1 N–H and O–H groups in total. The summed E-state index contributed by atoms with van der Waals surface area (Å²) in [7, 11) is -3.82. The summed E-state index contributed by atoms with van der Waals surface area (Å²) >= 11 is 6.83. The Hall–Kier alpha value is -2.41. The molecule has 3 aromatic rings. The summed E-state index contributed by atoms with van der Waals surface area (Å²) in [6.45, 7) is 2.48. The van der Waals surface area contributed by atoms with Crippen LogP contribution in [0.4, 0.5) is 4.39 Å². The van der Waals surface area contributed by atoms with Gasteiger partial charge in [-0.3, -0.25) is 14.5 Å². The number of carbonyl (C=O) groups excluding carboxylic acids is 1. The first kappa shape index (κ1) is 21.8. The third-order valence-corrected chi connectivity index (χ3v) is 8.22. The van der Waals surface area contributed by atoms with Crippen LogP contribution in [0.3, 0.4) is 0 Å². The summed E-state index contributed by atoms with van der Waals surface area (Å²) in [5, 5.41) is 8.93. The molecular weight excluding hydrogens is 461 g/mol. The number of aromatic amines is 1. The Morgan fingerprint density at radius 1 is 1.23 bits per heavy atom. The summed E-state index contributed by atoms with van der Waals surface area (Å²) in [4.78, 5) is 15.6. The van der Waals surface area contributed by atoms with E-state index in [1.807, 2.05) is 17.5 Å². The molecule has 0 radical (unpaired) electrons. The Morgan fingerprint density at radius 3 is 2.61 bits per heavy atom. The maximum Gasteiger partial charge on any atom is 0.245 e. The molecule has 1 saturated heterocycles. The van der Waals surface area contributed by atoms with Gasteiger partial charge in [0.2, 0.25) is 15.9 Å². The van der Waals surface area contributed by atoms with Crippen LogP contribution in [0.5, 0.6) is 0 Å². The monoisotopic (exact) mass is 481 g/mol. The minimum atomic E-state index is -3.82. The first-order valence-electron chi connectivity index (χ1n) is 9.54. The minimum Gasteiger partial charge on any atom is -0.338 e. The van der Waals surface area contributed by atoms with Crippen LogP contribution in [0.2, 0.25) is 0 Å². The number of rotatable bonds is 5. The van der Waals surface area contributed by atoms with Gasteiger partial charge in [-0.1, -0.05) is 12.1 Å². The second-order valence-electron chi connectivity index (χ2n) is 7.06. The lowest BCUT2D eigenvalue weighted by atomic mass is 10.2. The smallest absolute Gasteiger partial charge is 0.245 e. The molecule has 2 aromatic heterocycles. The molecule has 8 nitrogen and oxygen atoms in total. The molecule has 1 amide bonds. The highest BCUT2D eigenvalue weighted by Gasteiger charge is 2.33. The van der Waals surface area contributed by atoms with E-state index in [1.54, 1.807) is 16.4 Å². The molecule has 1 aromatic carbocycles. The average Bonchev–Trinajstić information content (AvgIpc) is 3.42. The zero-order chi connectivity index (χ0) is 22.2. The van der Waals surface area contributed by atoms with E-state index in [0.717, 1.165) is 10.9 Å². The number of piperazine rings is 1. The number of hydrogen-bond donors (Lipinski definition) is 1. The van der Waals surface area contributed by atoms with Gasteiger partial charge >= 0.3 is 0 Å². The molecule has 1 aliphatic rings. The fourth-order valence-corrected chi connectivity index (χ4v) is 6.00. The number of hydrogen-bond acceptors (Lipinski definition) is 6. The van der Waals surface area contributed by atoms with E-state index in [1.165, 1.54) is 33.8 Å². The fraction of sp³-hybridized carbons (Fsp3) is 0.316. The summed E-state index contributed by atoms with van der Waals surface area (Å²) in [6.07, 6.45) is 0. The molecule has 1 aliphatic heterocycles. The maximum atomic E-state index is 13.5. The molecule has 12 heteroatoms. The number of nitrogens with one attached hydrogen (secondary N) is 1. The van der Waals surface area contributed by atoms with Crippen molar-refractivity contribution in [3.8, 4) is 10.7 Å². The van der Waals surface area contributed by atoms with Crippen molar-refractivity contribution >= 4 is 39.5 Å². The van der Waals surface area contributed by atoms with Gasteiger partial charge in [0.05, 0.1) is 9.77 Å². The third kappa shape index (κ3) is 4.20. The molecule has 0 saturated carbocycles. The van der Waals surface area contributed by atoms with E-state index in [2.05, 4.69) is 10.2 Å². The van der Waals surface area contributed by atoms with E-state index in [4.69, 9.17) is 12.2 Å². The average molecular weight is 482 g/mol. The molecule has 0 bridgehead atoms. The number of amides is 1. The van der Waals surface area contributed by atoms with E-state index < -0.39 is 21.9 Å². The van der Waals surface area contributed by atoms with E-state index in [9.17, 15) is 17.6 Å². The Bertz CT molecular complexity index is 1240. The molecule has 164 valence electrons. The van der Waals surface area contributed by atoms with Crippen molar-refractivity contribution in [1.29, 1.82) is 0 Å². The zero-order valence-electron chi connectivity index (χ0n) is 16.6. The number of carbonyl (C=O) groups is 1. The summed E-state index contributed by atoms with van der Waals surface area (Å²) < 4.78 is 42.3. The summed E-state index contributed by atoms with van der Waals surface area (Å²) in [5.74, 6) is -0.187. The quantitative estimate of drug-likeness (QED) is 0.566. The highest BCUT2D eigenvalue weighted by Crippen LogP contribution is 2.27. The van der Waals surface area contributed by atoms with E-state index in [-0.39, 0.29) is 37.0 Å². The molecule has 4 rings (SSSR count). The highest BCUT2D eigenvalue weighted by molar-refractivity contribution is 7.89. The lowest BCUT2D eigenvalue weighted by molar-refractivity contribution is -0.135. The van der Waals surface area contributed by atoms with Gasteiger partial charge in [0.15, 0.2) is 10.6 Å². The molecule has 0 aliphatic carbocycles. The van der Waals surface area contributed by atoms with Crippen LogP contribution in [0.1, 0.15) is 13.0 Å². The van der Waals surface area contributed by atoms with Gasteiger partial charge in [-0.15, -0.1) is 11.3 Å². The van der Waals surface area contributed by atoms with Crippen LogP contribution in [-0.2, 0) is 14.8 Å². The van der Waals surface area contributed by atoms with Crippen LogP contribution in [0, 0.1) is 10.6 Å². The number of halogens is 1. The van der Waals surface area contributed by atoms with Gasteiger partial charge in [-0.05, 0) is 48.8 Å². The van der Waals surface area contributed by atoms with Crippen molar-refractivity contribution in [2.75, 3.05) is 26.2 Å². The topological polar surface area (TPSA) is 91.3 Å². The number of thiophene rings is 1. The van der Waals surface area contributed by atoms with Gasteiger partial charge in [-0.2, -0.15) is 9.40 Å². The van der Waals surface area contributed by atoms with Crippen LogP contribution >= 0.6 is 23.6 Å². The summed E-state index contributed by atoms with van der Waals surface area (Å²) in [6, 6.07) is 8.12. The minimum absolute atomic E-state index is 0.0917. The molecule has 1 unspecified atom stereocenters. The van der Waals surface area contributed by atoms with E-state index >= 15 is 0 Å². The largest absolute Gasteiger partial charge is 0.338 e. The predicted molar refractivity (Wildman–Crippen MR) is 117 cm³/mol. The maximum absolute atomic E-state index is 13.5. The lowest BCUT2D eigenvalue weighted by Gasteiger charge is -2.35. The van der Waals surface area contributed by atoms with E-state index in [0.29, 0.717) is 10.6 Å². The van der Waals surface area contributed by atoms with Gasteiger partial charge in [-0.25, -0.2) is 12.8 Å². The molecule has 1 atom stereocenters. The Morgan fingerprint density at radius 2 is 1.97 bits per heavy atom. The van der Waals surface area contributed by atoms with Crippen molar-refractivity contribution < 1.29 is 17.6 Å². The van der Waals surface area contributed by atoms with Crippen LogP contribution in [0.25, 0.3) is 10.7 Å². The van der Waals surface area contributed by atoms with Crippen molar-refractivity contribution in [3.05, 3.63) is 52.4 Å². The Kier molecular flexibility index (Phi) is 6.06. The van der Waals surface area contributed by atoms with Crippen molar-refractivity contribution in [2.45, 2.75) is 17.9 Å². The number of benzene rings is 1. The number of sulfonamides is 1. The highest BCUT2D eigenvalue weighted by atomic mass is 32.2. The number of aromatic nitrogens is 3. The second-order valence-corrected chi connectivity index (χ2v) is 10.3. The predicted octanol–water partition coefficient (Wildman–Crippen LogP) is 2.90. The van der Waals surface area contributed by atoms with Gasteiger partial charge in [0.25, 0.3) is 0 Å².